The summed E-state index contributed by atoms with van der Waals surface area (Å²) in [6.07, 6.45) is -0.813. The molecule has 7 heteroatoms. The highest BCUT2D eigenvalue weighted by Gasteiger charge is 2.17. The van der Waals surface area contributed by atoms with Gasteiger partial charge in [-0.3, -0.25) is 0 Å². The van der Waals surface area contributed by atoms with E-state index in [0.717, 1.165) is 11.0 Å². The minimum Gasteiger partial charge on any atom is -0.468 e. The molecule has 0 fully saturated rings. The van der Waals surface area contributed by atoms with E-state index in [4.69, 9.17) is 27.9 Å². The van der Waals surface area contributed by atoms with Crippen LogP contribution in [0.5, 0.6) is 5.75 Å². The molecule has 1 unspecified atom stereocenters. The first-order chi connectivity index (χ1) is 13.1. The molecular weight excluding hydrogens is 383 g/mol. The number of hydrogen-bond acceptors (Lipinski definition) is 4. The van der Waals surface area contributed by atoms with Crippen LogP contribution in [-0.2, 0) is 0 Å². The second-order valence-electron chi connectivity index (χ2n) is 5.77. The Morgan fingerprint density at radius 2 is 1.52 bits per heavy atom. The van der Waals surface area contributed by atoms with E-state index in [9.17, 15) is 5.26 Å². The van der Waals surface area contributed by atoms with Crippen LogP contribution in [0.4, 0.5) is 0 Å². The molecule has 0 saturated heterocycles. The lowest BCUT2D eigenvalue weighted by atomic mass is 10.1. The van der Waals surface area contributed by atoms with Crippen molar-refractivity contribution >= 4 is 34.2 Å². The molecule has 0 aliphatic carbocycles. The van der Waals surface area contributed by atoms with Gasteiger partial charge in [0, 0.05) is 15.6 Å². The number of benzene rings is 3. The third-order valence-corrected chi connectivity index (χ3v) is 4.45. The van der Waals surface area contributed by atoms with Crippen molar-refractivity contribution in [2.45, 2.75) is 6.10 Å². The summed E-state index contributed by atoms with van der Waals surface area (Å²) in [4.78, 5) is 1.46. The molecule has 27 heavy (non-hydrogen) atoms. The fraction of sp³-hybridized carbons (Fsp3) is 0.0500. The lowest BCUT2D eigenvalue weighted by molar-refractivity contribution is 0.261. The maximum absolute atomic E-state index is 9.57. The molecule has 132 valence electrons. The highest BCUT2D eigenvalue weighted by Crippen LogP contribution is 2.30. The molecule has 0 spiro atoms. The van der Waals surface area contributed by atoms with Gasteiger partial charge >= 0.3 is 0 Å². The Labute approximate surface area is 165 Å². The predicted octanol–water partition coefficient (Wildman–Crippen LogP) is 5.37. The Hall–Kier alpha value is -3.07. The number of fused-ring (bicyclic) bond motifs is 1. The molecule has 0 saturated carbocycles. The molecule has 1 aromatic heterocycles. The van der Waals surface area contributed by atoms with Crippen molar-refractivity contribution in [3.8, 4) is 17.5 Å². The highest BCUT2D eigenvalue weighted by atomic mass is 35.5. The molecular formula is C20H12Cl2N4O. The highest BCUT2D eigenvalue weighted by molar-refractivity contribution is 6.31. The number of hydrogen-bond donors (Lipinski definition) is 0. The number of ether oxygens (including phenoxy) is 1. The molecule has 4 rings (SSSR count). The van der Waals surface area contributed by atoms with E-state index in [2.05, 4.69) is 16.3 Å². The molecule has 0 aliphatic rings. The molecule has 5 nitrogen and oxygen atoms in total. The smallest absolute Gasteiger partial charge is 0.209 e. The number of halogens is 2. The first-order valence-corrected chi connectivity index (χ1v) is 8.83. The van der Waals surface area contributed by atoms with Gasteiger partial charge in [0.25, 0.3) is 0 Å². The van der Waals surface area contributed by atoms with Gasteiger partial charge in [0.2, 0.25) is 6.10 Å². The van der Waals surface area contributed by atoms with E-state index in [1.54, 1.807) is 42.5 Å². The van der Waals surface area contributed by atoms with Crippen molar-refractivity contribution in [3.63, 3.8) is 0 Å². The van der Waals surface area contributed by atoms with E-state index < -0.39 is 6.10 Å². The van der Waals surface area contributed by atoms with Crippen LogP contribution in [0, 0.1) is 11.3 Å². The van der Waals surface area contributed by atoms with Gasteiger partial charge in [-0.25, -0.2) is 0 Å². The van der Waals surface area contributed by atoms with Crippen LogP contribution < -0.4 is 4.74 Å². The largest absolute Gasteiger partial charge is 0.468 e. The number of nitriles is 1. The van der Waals surface area contributed by atoms with Gasteiger partial charge in [-0.05, 0) is 42.5 Å². The van der Waals surface area contributed by atoms with Gasteiger partial charge in [-0.2, -0.15) is 5.26 Å². The number of nitrogens with zero attached hydrogens (tertiary/aromatic N) is 4. The fourth-order valence-electron chi connectivity index (χ4n) is 2.65. The van der Waals surface area contributed by atoms with E-state index >= 15 is 0 Å². The SMILES string of the molecule is N#CC(Oc1ccc(Cl)cc1-n1nc2ccccc2n1)c1ccc(Cl)cc1. The number of aromatic nitrogens is 3. The van der Waals surface area contributed by atoms with Gasteiger partial charge in [0.05, 0.1) is 0 Å². The molecule has 0 radical (unpaired) electrons. The first-order valence-electron chi connectivity index (χ1n) is 8.08. The summed E-state index contributed by atoms with van der Waals surface area (Å²) < 4.78 is 5.96. The quantitative estimate of drug-likeness (QED) is 0.466. The molecule has 0 N–H and O–H groups in total. The molecule has 0 amide bonds. The molecule has 1 atom stereocenters. The van der Waals surface area contributed by atoms with Gasteiger partial charge in [0.15, 0.2) is 0 Å². The van der Waals surface area contributed by atoms with Crippen molar-refractivity contribution in [3.05, 3.63) is 82.3 Å². The third-order valence-electron chi connectivity index (χ3n) is 3.96. The average Bonchev–Trinajstić information content (AvgIpc) is 3.12. The molecule has 0 aliphatic heterocycles. The van der Waals surface area contributed by atoms with E-state index in [1.807, 2.05) is 24.3 Å². The molecule has 4 aromatic rings. The zero-order chi connectivity index (χ0) is 18.8. The predicted molar refractivity (Wildman–Crippen MR) is 104 cm³/mol. The zero-order valence-corrected chi connectivity index (χ0v) is 15.4. The van der Waals surface area contributed by atoms with Crippen LogP contribution in [0.3, 0.4) is 0 Å². The van der Waals surface area contributed by atoms with E-state index in [0.29, 0.717) is 27.0 Å². The Bertz CT molecular complexity index is 1120. The lowest BCUT2D eigenvalue weighted by Gasteiger charge is -2.15. The van der Waals surface area contributed by atoms with Crippen molar-refractivity contribution in [1.82, 2.24) is 15.0 Å². The molecule has 0 bridgehead atoms. The zero-order valence-electron chi connectivity index (χ0n) is 13.9. The standard InChI is InChI=1S/C20H12Cl2N4O/c21-14-7-5-13(6-8-14)20(12-23)27-19-10-9-15(22)11-18(19)26-24-16-3-1-2-4-17(16)25-26/h1-11,20H. The summed E-state index contributed by atoms with van der Waals surface area (Å²) in [5.41, 5.74) is 2.74. The Morgan fingerprint density at radius 3 is 2.15 bits per heavy atom. The van der Waals surface area contributed by atoms with E-state index in [-0.39, 0.29) is 0 Å². The van der Waals surface area contributed by atoms with Crippen LogP contribution >= 0.6 is 23.2 Å². The van der Waals surface area contributed by atoms with Crippen LogP contribution in [0.1, 0.15) is 11.7 Å². The van der Waals surface area contributed by atoms with Crippen LogP contribution in [-0.4, -0.2) is 15.0 Å². The summed E-state index contributed by atoms with van der Waals surface area (Å²) in [6.45, 7) is 0. The second kappa shape index (κ2) is 7.28. The summed E-state index contributed by atoms with van der Waals surface area (Å²) in [5, 5.41) is 19.6. The van der Waals surface area contributed by atoms with Crippen LogP contribution in [0.15, 0.2) is 66.7 Å². The Kier molecular flexibility index (Phi) is 4.68. The maximum Gasteiger partial charge on any atom is 0.209 e. The summed E-state index contributed by atoms with van der Waals surface area (Å²) in [5.74, 6) is 0.446. The first kappa shape index (κ1) is 17.3. The Morgan fingerprint density at radius 1 is 0.889 bits per heavy atom. The normalized spacial score (nSPS) is 11.9. The van der Waals surface area contributed by atoms with Crippen molar-refractivity contribution in [2.24, 2.45) is 0 Å². The van der Waals surface area contributed by atoms with Gasteiger partial charge < -0.3 is 4.74 Å². The average molecular weight is 395 g/mol. The van der Waals surface area contributed by atoms with E-state index in [1.165, 1.54) is 4.80 Å². The third kappa shape index (κ3) is 3.59. The van der Waals surface area contributed by atoms with Gasteiger partial charge in [-0.1, -0.05) is 47.5 Å². The summed E-state index contributed by atoms with van der Waals surface area (Å²) >= 11 is 12.1. The van der Waals surface area contributed by atoms with Crippen molar-refractivity contribution in [2.75, 3.05) is 0 Å². The monoisotopic (exact) mass is 394 g/mol. The minimum absolute atomic E-state index is 0.446. The lowest BCUT2D eigenvalue weighted by Crippen LogP contribution is -2.09. The summed E-state index contributed by atoms with van der Waals surface area (Å²) in [7, 11) is 0. The number of rotatable bonds is 4. The molecule has 3 aromatic carbocycles. The maximum atomic E-state index is 9.57. The van der Waals surface area contributed by atoms with Gasteiger partial charge in [0.1, 0.15) is 28.5 Å². The fourth-order valence-corrected chi connectivity index (χ4v) is 2.94. The van der Waals surface area contributed by atoms with Gasteiger partial charge in [-0.15, -0.1) is 15.0 Å². The minimum atomic E-state index is -0.813. The van der Waals surface area contributed by atoms with Crippen LogP contribution in [0.2, 0.25) is 10.0 Å². The Balaban J connectivity index is 1.75. The topological polar surface area (TPSA) is 63.7 Å². The van der Waals surface area contributed by atoms with Crippen molar-refractivity contribution < 1.29 is 4.74 Å². The molecule has 1 heterocycles. The van der Waals surface area contributed by atoms with Crippen molar-refractivity contribution in [1.29, 1.82) is 5.26 Å². The summed E-state index contributed by atoms with van der Waals surface area (Å²) in [6, 6.07) is 21.7. The second-order valence-corrected chi connectivity index (χ2v) is 6.64. The van der Waals surface area contributed by atoms with Crippen LogP contribution in [0.25, 0.3) is 16.7 Å².